The molecule has 0 saturated heterocycles. The lowest BCUT2D eigenvalue weighted by Crippen LogP contribution is -2.41. The van der Waals surface area contributed by atoms with Crippen LogP contribution in [0.4, 0.5) is 13.2 Å². The highest BCUT2D eigenvalue weighted by molar-refractivity contribution is 5.94. The Bertz CT molecular complexity index is 474. The van der Waals surface area contributed by atoms with Crippen LogP contribution in [0.3, 0.4) is 0 Å². The van der Waals surface area contributed by atoms with Gasteiger partial charge in [-0.05, 0) is 43.0 Å². The van der Waals surface area contributed by atoms with E-state index >= 15 is 0 Å². The predicted octanol–water partition coefficient (Wildman–Crippen LogP) is 3.20. The number of benzene rings is 1. The van der Waals surface area contributed by atoms with Crippen molar-refractivity contribution in [3.05, 3.63) is 35.4 Å². The Kier molecular flexibility index (Phi) is 5.78. The van der Waals surface area contributed by atoms with E-state index in [0.29, 0.717) is 13.1 Å². The van der Waals surface area contributed by atoms with Crippen LogP contribution in [0.2, 0.25) is 0 Å². The molecule has 1 rings (SSSR count). The van der Waals surface area contributed by atoms with Gasteiger partial charge in [0.05, 0.1) is 5.56 Å². The molecule has 0 aliphatic rings. The third-order valence-corrected chi connectivity index (χ3v) is 4.01. The average Bonchev–Trinajstić information content (AvgIpc) is 2.48. The number of halogens is 3. The van der Waals surface area contributed by atoms with Crippen LogP contribution in [0.25, 0.3) is 0 Å². The van der Waals surface area contributed by atoms with Crippen LogP contribution in [0.5, 0.6) is 0 Å². The molecule has 0 radical (unpaired) electrons. The lowest BCUT2D eigenvalue weighted by Gasteiger charge is -2.30. The fourth-order valence-corrected chi connectivity index (χ4v) is 2.07. The average molecular weight is 302 g/mol. The van der Waals surface area contributed by atoms with Gasteiger partial charge in [-0.1, -0.05) is 19.9 Å². The minimum Gasteiger partial charge on any atom is -0.351 e. The summed E-state index contributed by atoms with van der Waals surface area (Å²) in [4.78, 5) is 12.0. The third kappa shape index (κ3) is 4.46. The smallest absolute Gasteiger partial charge is 0.351 e. The highest BCUT2D eigenvalue weighted by atomic mass is 19.4. The highest BCUT2D eigenvalue weighted by Gasteiger charge is 2.31. The summed E-state index contributed by atoms with van der Waals surface area (Å²) < 4.78 is 37.9. The van der Waals surface area contributed by atoms with Crippen molar-refractivity contribution in [2.45, 2.75) is 32.9 Å². The second kappa shape index (κ2) is 6.93. The van der Waals surface area contributed by atoms with E-state index in [0.717, 1.165) is 25.0 Å². The maximum Gasteiger partial charge on any atom is 0.416 e. The summed E-state index contributed by atoms with van der Waals surface area (Å²) in [5.74, 6) is -0.513. The maximum atomic E-state index is 12.6. The van der Waals surface area contributed by atoms with Crippen LogP contribution in [-0.4, -0.2) is 19.0 Å². The minimum atomic E-state index is -4.45. The molecule has 0 aliphatic carbocycles. The van der Waals surface area contributed by atoms with Crippen molar-refractivity contribution in [3.63, 3.8) is 0 Å². The van der Waals surface area contributed by atoms with E-state index < -0.39 is 17.6 Å². The van der Waals surface area contributed by atoms with Gasteiger partial charge in [0.2, 0.25) is 0 Å². The Morgan fingerprint density at radius 3 is 2.33 bits per heavy atom. The van der Waals surface area contributed by atoms with E-state index in [2.05, 4.69) is 5.32 Å². The molecule has 0 spiro atoms. The maximum absolute atomic E-state index is 12.6. The van der Waals surface area contributed by atoms with Crippen molar-refractivity contribution in [3.8, 4) is 0 Å². The number of alkyl halides is 3. The van der Waals surface area contributed by atoms with Gasteiger partial charge in [0.15, 0.2) is 0 Å². The SMILES string of the molecule is CCC(CC)(CN)CNC(=O)c1cccc(C(F)(F)F)c1. The molecule has 1 amide bonds. The number of hydrogen-bond donors (Lipinski definition) is 2. The van der Waals surface area contributed by atoms with Crippen LogP contribution in [-0.2, 0) is 6.18 Å². The molecular formula is C15H21F3N2O. The molecule has 6 heteroatoms. The van der Waals surface area contributed by atoms with Crippen LogP contribution in [0.1, 0.15) is 42.6 Å². The molecule has 1 aromatic rings. The fourth-order valence-electron chi connectivity index (χ4n) is 2.07. The van der Waals surface area contributed by atoms with Crippen molar-refractivity contribution in [2.75, 3.05) is 13.1 Å². The first-order valence-electron chi connectivity index (χ1n) is 6.93. The lowest BCUT2D eigenvalue weighted by molar-refractivity contribution is -0.137. The van der Waals surface area contributed by atoms with Crippen molar-refractivity contribution in [1.82, 2.24) is 5.32 Å². The number of amides is 1. The summed E-state index contributed by atoms with van der Waals surface area (Å²) >= 11 is 0. The second-order valence-corrected chi connectivity index (χ2v) is 5.17. The van der Waals surface area contributed by atoms with Gasteiger partial charge in [0, 0.05) is 12.1 Å². The quantitative estimate of drug-likeness (QED) is 0.848. The van der Waals surface area contributed by atoms with Crippen LogP contribution in [0.15, 0.2) is 24.3 Å². The van der Waals surface area contributed by atoms with E-state index in [1.54, 1.807) is 0 Å². The van der Waals surface area contributed by atoms with Crippen LogP contribution >= 0.6 is 0 Å². The standard InChI is InChI=1S/C15H21F3N2O/c1-3-14(4-2,9-19)10-20-13(21)11-6-5-7-12(8-11)15(16,17)18/h5-8H,3-4,9-10,19H2,1-2H3,(H,20,21). The van der Waals surface area contributed by atoms with Gasteiger partial charge in [-0.3, -0.25) is 4.79 Å². The summed E-state index contributed by atoms with van der Waals surface area (Å²) in [7, 11) is 0. The fraction of sp³-hybridized carbons (Fsp3) is 0.533. The van der Waals surface area contributed by atoms with Gasteiger partial charge in [-0.2, -0.15) is 13.2 Å². The Hall–Kier alpha value is -1.56. The van der Waals surface area contributed by atoms with Crippen molar-refractivity contribution < 1.29 is 18.0 Å². The van der Waals surface area contributed by atoms with E-state index in [1.807, 2.05) is 13.8 Å². The second-order valence-electron chi connectivity index (χ2n) is 5.17. The summed E-state index contributed by atoms with van der Waals surface area (Å²) in [5, 5.41) is 2.69. The van der Waals surface area contributed by atoms with Gasteiger partial charge in [0.1, 0.15) is 0 Å². The molecule has 0 unspecified atom stereocenters. The van der Waals surface area contributed by atoms with E-state index in [4.69, 9.17) is 5.73 Å². The van der Waals surface area contributed by atoms with Crippen molar-refractivity contribution >= 4 is 5.91 Å². The van der Waals surface area contributed by atoms with Gasteiger partial charge in [0.25, 0.3) is 5.91 Å². The Labute approximate surface area is 122 Å². The van der Waals surface area contributed by atoms with E-state index in [1.165, 1.54) is 12.1 Å². The molecule has 0 saturated carbocycles. The minimum absolute atomic E-state index is 0.00273. The lowest BCUT2D eigenvalue weighted by atomic mass is 9.82. The molecule has 0 aliphatic heterocycles. The first kappa shape index (κ1) is 17.5. The number of hydrogen-bond acceptors (Lipinski definition) is 2. The summed E-state index contributed by atoms with van der Waals surface area (Å²) in [5.41, 5.74) is 4.70. The highest BCUT2D eigenvalue weighted by Crippen LogP contribution is 2.29. The van der Waals surface area contributed by atoms with Crippen molar-refractivity contribution in [2.24, 2.45) is 11.1 Å². The summed E-state index contributed by atoms with van der Waals surface area (Å²) in [6.07, 6.45) is -2.87. The van der Waals surface area contributed by atoms with Crippen LogP contribution in [0, 0.1) is 5.41 Å². The zero-order valence-electron chi connectivity index (χ0n) is 12.3. The van der Waals surface area contributed by atoms with Crippen LogP contribution < -0.4 is 11.1 Å². The number of nitrogens with one attached hydrogen (secondary N) is 1. The number of carbonyl (C=O) groups is 1. The largest absolute Gasteiger partial charge is 0.416 e. The van der Waals surface area contributed by atoms with Gasteiger partial charge >= 0.3 is 6.18 Å². The Morgan fingerprint density at radius 1 is 1.24 bits per heavy atom. The molecule has 0 atom stereocenters. The molecule has 0 heterocycles. The zero-order valence-corrected chi connectivity index (χ0v) is 12.3. The molecule has 0 bridgehead atoms. The van der Waals surface area contributed by atoms with E-state index in [-0.39, 0.29) is 11.0 Å². The normalized spacial score (nSPS) is 12.3. The van der Waals surface area contributed by atoms with Gasteiger partial charge in [-0.15, -0.1) is 0 Å². The summed E-state index contributed by atoms with van der Waals surface area (Å²) in [6, 6.07) is 4.40. The topological polar surface area (TPSA) is 55.1 Å². The third-order valence-electron chi connectivity index (χ3n) is 4.01. The Balaban J connectivity index is 2.81. The number of rotatable bonds is 6. The number of carbonyl (C=O) groups excluding carboxylic acids is 1. The first-order chi connectivity index (χ1) is 9.78. The van der Waals surface area contributed by atoms with Crippen molar-refractivity contribution in [1.29, 1.82) is 0 Å². The Morgan fingerprint density at radius 2 is 1.86 bits per heavy atom. The molecule has 1 aromatic carbocycles. The monoisotopic (exact) mass is 302 g/mol. The van der Waals surface area contributed by atoms with Gasteiger partial charge < -0.3 is 11.1 Å². The molecule has 3 N–H and O–H groups in total. The molecular weight excluding hydrogens is 281 g/mol. The summed E-state index contributed by atoms with van der Waals surface area (Å²) in [6.45, 7) is 4.73. The molecule has 0 fully saturated rings. The number of nitrogens with two attached hydrogens (primary N) is 1. The zero-order chi connectivity index (χ0) is 16.1. The van der Waals surface area contributed by atoms with E-state index in [9.17, 15) is 18.0 Å². The predicted molar refractivity (Wildman–Crippen MR) is 75.8 cm³/mol. The van der Waals surface area contributed by atoms with Gasteiger partial charge in [-0.25, -0.2) is 0 Å². The molecule has 3 nitrogen and oxygen atoms in total. The first-order valence-corrected chi connectivity index (χ1v) is 6.93. The molecule has 21 heavy (non-hydrogen) atoms. The molecule has 0 aromatic heterocycles. The molecule has 118 valence electrons.